The molecule has 12 heteroatoms. The molecule has 0 fully saturated rings. The van der Waals surface area contributed by atoms with Gasteiger partial charge in [-0.1, -0.05) is 11.6 Å². The number of hydrogen-bond donors (Lipinski definition) is 1. The number of pyridine rings is 1. The van der Waals surface area contributed by atoms with Crippen LogP contribution in [0.2, 0.25) is 5.02 Å². The van der Waals surface area contributed by atoms with E-state index < -0.39 is 23.7 Å². The van der Waals surface area contributed by atoms with Crippen LogP contribution in [0.3, 0.4) is 0 Å². The fraction of sp³-hybridized carbons (Fsp3) is 0.222. The molecule has 0 bridgehead atoms. The van der Waals surface area contributed by atoms with Crippen LogP contribution >= 0.6 is 23.4 Å². The van der Waals surface area contributed by atoms with Gasteiger partial charge in [-0.3, -0.25) is 5.10 Å². The van der Waals surface area contributed by atoms with E-state index in [-0.39, 0.29) is 15.2 Å². The number of alkyl halides is 6. The van der Waals surface area contributed by atoms with Gasteiger partial charge in [-0.15, -0.1) is 5.10 Å². The Morgan fingerprint density at radius 2 is 1.76 bits per heavy atom. The summed E-state index contributed by atoms with van der Waals surface area (Å²) in [5.41, 5.74) is -1.07. The van der Waals surface area contributed by atoms with Gasteiger partial charge in [-0.2, -0.15) is 31.3 Å². The van der Waals surface area contributed by atoms with Crippen LogP contribution in [0, 0.1) is 0 Å². The fourth-order valence-corrected chi connectivity index (χ4v) is 2.11. The zero-order valence-electron chi connectivity index (χ0n) is 9.55. The maximum Gasteiger partial charge on any atom is 0.451 e. The Hall–Kier alpha value is -1.49. The molecular formula is C9H3ClF6N4S. The molecule has 0 amide bonds. The van der Waals surface area contributed by atoms with E-state index in [2.05, 4.69) is 15.1 Å². The Morgan fingerprint density at radius 1 is 1.10 bits per heavy atom. The number of halogens is 7. The number of hydrogen-bond acceptors (Lipinski definition) is 4. The Balaban J connectivity index is 2.23. The van der Waals surface area contributed by atoms with Crippen LogP contribution in [0.25, 0.3) is 0 Å². The molecule has 1 N–H and O–H groups in total. The predicted octanol–water partition coefficient (Wildman–Crippen LogP) is 4.04. The summed E-state index contributed by atoms with van der Waals surface area (Å²) in [5.74, 6) is -1.33. The topological polar surface area (TPSA) is 54.5 Å². The van der Waals surface area contributed by atoms with Gasteiger partial charge in [0, 0.05) is 6.20 Å². The second-order valence-electron chi connectivity index (χ2n) is 3.58. The van der Waals surface area contributed by atoms with Crippen LogP contribution < -0.4 is 0 Å². The first kappa shape index (κ1) is 15.9. The molecule has 4 nitrogen and oxygen atoms in total. The zero-order valence-corrected chi connectivity index (χ0v) is 11.1. The van der Waals surface area contributed by atoms with Crippen molar-refractivity contribution in [3.63, 3.8) is 0 Å². The third-order valence-corrected chi connectivity index (χ3v) is 3.34. The third-order valence-electron chi connectivity index (χ3n) is 2.06. The molecule has 0 unspecified atom stereocenters. The highest BCUT2D eigenvalue weighted by molar-refractivity contribution is 7.99. The molecular weight excluding hydrogens is 346 g/mol. The van der Waals surface area contributed by atoms with Crippen molar-refractivity contribution >= 4 is 23.4 Å². The summed E-state index contributed by atoms with van der Waals surface area (Å²) in [5, 5.41) is 4.07. The quantitative estimate of drug-likeness (QED) is 0.832. The lowest BCUT2D eigenvalue weighted by atomic mass is 10.3. The summed E-state index contributed by atoms with van der Waals surface area (Å²) >= 11 is 6.12. The van der Waals surface area contributed by atoms with Crippen molar-refractivity contribution in [2.75, 3.05) is 0 Å². The van der Waals surface area contributed by atoms with E-state index in [1.165, 1.54) is 0 Å². The Kier molecular flexibility index (Phi) is 4.06. The Bertz CT molecular complexity index is 652. The lowest BCUT2D eigenvalue weighted by Gasteiger charge is -2.07. The number of nitrogens with one attached hydrogen (secondary N) is 1. The summed E-state index contributed by atoms with van der Waals surface area (Å²) in [7, 11) is 0. The number of H-pyrrole nitrogens is 1. The van der Waals surface area contributed by atoms with E-state index in [1.807, 2.05) is 0 Å². The SMILES string of the molecule is FC(F)(F)c1cnc(Sc2n[nH]c(C(F)(F)F)n2)c(Cl)c1. The molecule has 2 aromatic heterocycles. The summed E-state index contributed by atoms with van der Waals surface area (Å²) in [6, 6.07) is 0.619. The second kappa shape index (κ2) is 5.37. The van der Waals surface area contributed by atoms with E-state index in [4.69, 9.17) is 11.6 Å². The minimum Gasteiger partial charge on any atom is -0.254 e. The molecule has 0 saturated heterocycles. The highest BCUT2D eigenvalue weighted by Crippen LogP contribution is 2.36. The van der Waals surface area contributed by atoms with Gasteiger partial charge in [0.1, 0.15) is 5.03 Å². The third kappa shape index (κ3) is 3.79. The van der Waals surface area contributed by atoms with Gasteiger partial charge >= 0.3 is 12.4 Å². The van der Waals surface area contributed by atoms with Crippen molar-refractivity contribution < 1.29 is 26.3 Å². The molecule has 0 aliphatic rings. The van der Waals surface area contributed by atoms with Crippen LogP contribution in [0.4, 0.5) is 26.3 Å². The standard InChI is InChI=1S/C9H3ClF6N4S/c10-4-1-3(8(11,12)13)2-17-5(4)21-7-18-6(19-20-7)9(14,15)16/h1-2H,(H,18,19,20). The largest absolute Gasteiger partial charge is 0.451 e. The second-order valence-corrected chi connectivity index (χ2v) is 4.94. The number of aromatic amines is 1. The minimum absolute atomic E-state index is 0.141. The monoisotopic (exact) mass is 348 g/mol. The molecule has 21 heavy (non-hydrogen) atoms. The molecule has 0 aromatic carbocycles. The molecule has 114 valence electrons. The average Bonchev–Trinajstić information content (AvgIpc) is 2.78. The smallest absolute Gasteiger partial charge is 0.254 e. The van der Waals surface area contributed by atoms with Gasteiger partial charge in [0.15, 0.2) is 0 Å². The number of aromatic nitrogens is 4. The van der Waals surface area contributed by atoms with E-state index in [0.717, 1.165) is 0 Å². The van der Waals surface area contributed by atoms with Gasteiger partial charge in [-0.05, 0) is 17.8 Å². The van der Waals surface area contributed by atoms with E-state index >= 15 is 0 Å². The predicted molar refractivity (Wildman–Crippen MR) is 59.8 cm³/mol. The minimum atomic E-state index is -4.71. The molecule has 0 saturated carbocycles. The molecule has 0 aliphatic heterocycles. The summed E-state index contributed by atoms with van der Waals surface area (Å²) in [6.45, 7) is 0. The highest BCUT2D eigenvalue weighted by Gasteiger charge is 2.35. The Morgan fingerprint density at radius 3 is 2.24 bits per heavy atom. The van der Waals surface area contributed by atoms with Crippen LogP contribution in [0.15, 0.2) is 22.4 Å². The molecule has 2 aromatic rings. The highest BCUT2D eigenvalue weighted by atomic mass is 35.5. The van der Waals surface area contributed by atoms with Gasteiger partial charge in [0.05, 0.1) is 10.6 Å². The first-order valence-corrected chi connectivity index (χ1v) is 6.17. The lowest BCUT2D eigenvalue weighted by Crippen LogP contribution is -2.07. The lowest BCUT2D eigenvalue weighted by molar-refractivity contribution is -0.144. The Labute approximate surface area is 121 Å². The molecule has 0 radical (unpaired) electrons. The molecule has 2 rings (SSSR count). The van der Waals surface area contributed by atoms with Crippen molar-refractivity contribution in [3.05, 3.63) is 28.7 Å². The van der Waals surface area contributed by atoms with Crippen LogP contribution in [-0.4, -0.2) is 20.2 Å². The van der Waals surface area contributed by atoms with Crippen molar-refractivity contribution in [2.45, 2.75) is 22.5 Å². The fourth-order valence-electron chi connectivity index (χ4n) is 1.16. The van der Waals surface area contributed by atoms with Crippen LogP contribution in [-0.2, 0) is 12.4 Å². The number of nitrogens with zero attached hydrogens (tertiary/aromatic N) is 3. The van der Waals surface area contributed by atoms with Crippen molar-refractivity contribution in [1.29, 1.82) is 0 Å². The van der Waals surface area contributed by atoms with E-state index in [0.29, 0.717) is 24.0 Å². The van der Waals surface area contributed by atoms with Gasteiger partial charge in [0.2, 0.25) is 11.0 Å². The first-order valence-electron chi connectivity index (χ1n) is 4.97. The van der Waals surface area contributed by atoms with Crippen molar-refractivity contribution in [3.8, 4) is 0 Å². The van der Waals surface area contributed by atoms with E-state index in [1.54, 1.807) is 5.10 Å². The van der Waals surface area contributed by atoms with Crippen LogP contribution in [0.1, 0.15) is 11.4 Å². The van der Waals surface area contributed by atoms with Gasteiger partial charge in [0.25, 0.3) is 0 Å². The zero-order chi connectivity index (χ0) is 15.8. The first-order chi connectivity index (χ1) is 9.57. The van der Waals surface area contributed by atoms with E-state index in [9.17, 15) is 26.3 Å². The molecule has 0 spiro atoms. The molecule has 0 aliphatic carbocycles. The maximum absolute atomic E-state index is 12.4. The summed E-state index contributed by atoms with van der Waals surface area (Å²) in [6.07, 6.45) is -8.80. The molecule has 2 heterocycles. The summed E-state index contributed by atoms with van der Waals surface area (Å²) in [4.78, 5) is 6.59. The summed E-state index contributed by atoms with van der Waals surface area (Å²) < 4.78 is 74.1. The van der Waals surface area contributed by atoms with Crippen LogP contribution in [0.5, 0.6) is 0 Å². The normalized spacial score (nSPS) is 12.7. The van der Waals surface area contributed by atoms with Crippen molar-refractivity contribution in [1.82, 2.24) is 20.2 Å². The number of rotatable bonds is 2. The van der Waals surface area contributed by atoms with Crippen molar-refractivity contribution in [2.24, 2.45) is 0 Å². The maximum atomic E-state index is 12.4. The molecule has 0 atom stereocenters. The van der Waals surface area contributed by atoms with Gasteiger partial charge < -0.3 is 0 Å². The van der Waals surface area contributed by atoms with Gasteiger partial charge in [-0.25, -0.2) is 4.98 Å². The average molecular weight is 349 g/mol.